The molecule has 5 aromatic heterocycles. The van der Waals surface area contributed by atoms with Crippen molar-refractivity contribution in [3.8, 4) is 21.5 Å². The SMILES string of the molecule is COc1ccc(-c2ncc(CN3CC[C@@H](C(=O)N4CCC(O)(Cn5cnc6c(ccn6-c6ccc(Cl)s6)c5=O)CC4)[C@H](c4ccccc4)C3)s2)cn1. The van der Waals surface area contributed by atoms with Crippen LogP contribution >= 0.6 is 34.3 Å². The van der Waals surface area contributed by atoms with Gasteiger partial charge >= 0.3 is 0 Å². The summed E-state index contributed by atoms with van der Waals surface area (Å²) in [6, 6.07) is 19.6. The second-order valence-electron chi connectivity index (χ2n) is 13.6. The molecule has 0 radical (unpaired) electrons. The third-order valence-corrected chi connectivity index (χ3v) is 12.6. The van der Waals surface area contributed by atoms with E-state index in [1.165, 1.54) is 22.2 Å². The van der Waals surface area contributed by atoms with Crippen molar-refractivity contribution in [1.29, 1.82) is 0 Å². The average Bonchev–Trinajstić information content (AvgIpc) is 3.93. The molecule has 1 amide bonds. The highest BCUT2D eigenvalue weighted by atomic mass is 35.5. The summed E-state index contributed by atoms with van der Waals surface area (Å²) in [5.74, 6) is 0.582. The predicted octanol–water partition coefficient (Wildman–Crippen LogP) is 6.09. The summed E-state index contributed by atoms with van der Waals surface area (Å²) >= 11 is 9.20. The van der Waals surface area contributed by atoms with E-state index < -0.39 is 5.60 Å². The number of carbonyl (C=O) groups excluding carboxylic acids is 1. The lowest BCUT2D eigenvalue weighted by Gasteiger charge is -2.43. The fourth-order valence-electron chi connectivity index (χ4n) is 7.49. The molecule has 2 aliphatic heterocycles. The standard InChI is InChI=1S/C38H38ClN7O4S2/c1-50-32-9-7-26(19-40-32)35-41-20-27(51-35)21-43-15-11-28(30(22-43)25-5-3-2-4-6-25)36(47)44-17-13-38(49,14-18-44)23-45-24-42-34-29(37(45)48)12-16-46(34)33-10-8-31(39)52-33/h2-10,12,16,19-20,24,28,30,49H,11,13-15,17-18,21-23H2,1H3/t28-,30+/m1/s1. The number of ether oxygens (including phenoxy) is 1. The van der Waals surface area contributed by atoms with Gasteiger partial charge in [0.1, 0.15) is 16.3 Å². The van der Waals surface area contributed by atoms with Crippen LogP contribution in [0.15, 0.2) is 90.4 Å². The van der Waals surface area contributed by atoms with Crippen LogP contribution in [-0.2, 0) is 17.9 Å². The Kier molecular flexibility index (Phi) is 9.70. The van der Waals surface area contributed by atoms with Gasteiger partial charge < -0.3 is 14.7 Å². The summed E-state index contributed by atoms with van der Waals surface area (Å²) < 4.78 is 9.19. The Morgan fingerprint density at radius 3 is 2.56 bits per heavy atom. The van der Waals surface area contributed by atoms with Crippen molar-refractivity contribution >= 4 is 51.2 Å². The number of thiazole rings is 1. The van der Waals surface area contributed by atoms with Crippen LogP contribution in [-0.4, -0.2) is 83.8 Å². The molecule has 0 spiro atoms. The number of hydrogen-bond donors (Lipinski definition) is 1. The summed E-state index contributed by atoms with van der Waals surface area (Å²) in [7, 11) is 1.60. The number of methoxy groups -OCH3 is 1. The largest absolute Gasteiger partial charge is 0.481 e. The lowest BCUT2D eigenvalue weighted by atomic mass is 9.79. The number of thiophene rings is 1. The number of halogens is 1. The van der Waals surface area contributed by atoms with Crippen LogP contribution in [0.2, 0.25) is 4.34 Å². The number of hydrogen-bond acceptors (Lipinski definition) is 10. The van der Waals surface area contributed by atoms with Gasteiger partial charge in [-0.05, 0) is 55.6 Å². The molecule has 6 aromatic rings. The monoisotopic (exact) mass is 755 g/mol. The number of piperidine rings is 2. The molecule has 2 saturated heterocycles. The molecule has 0 aliphatic carbocycles. The van der Waals surface area contributed by atoms with Gasteiger partial charge in [0, 0.05) is 73.1 Å². The highest BCUT2D eigenvalue weighted by Crippen LogP contribution is 2.37. The summed E-state index contributed by atoms with van der Waals surface area (Å²) in [5, 5.41) is 13.9. The second-order valence-corrected chi connectivity index (χ2v) is 16.4. The molecule has 52 heavy (non-hydrogen) atoms. The van der Waals surface area contributed by atoms with Crippen molar-refractivity contribution in [1.82, 2.24) is 33.9 Å². The zero-order valence-electron chi connectivity index (χ0n) is 28.6. The first-order chi connectivity index (χ1) is 25.3. The molecule has 2 aliphatic rings. The summed E-state index contributed by atoms with van der Waals surface area (Å²) in [6.45, 7) is 3.30. The van der Waals surface area contributed by atoms with Crippen molar-refractivity contribution in [2.45, 2.75) is 43.9 Å². The quantitative estimate of drug-likeness (QED) is 0.189. The van der Waals surface area contributed by atoms with Crippen LogP contribution in [0.3, 0.4) is 0 Å². The van der Waals surface area contributed by atoms with Gasteiger partial charge in [-0.25, -0.2) is 15.0 Å². The van der Waals surface area contributed by atoms with Crippen LogP contribution < -0.4 is 10.3 Å². The van der Waals surface area contributed by atoms with Gasteiger partial charge in [0.2, 0.25) is 11.8 Å². The van der Waals surface area contributed by atoms with Crippen molar-refractivity contribution < 1.29 is 14.6 Å². The smallest absolute Gasteiger partial charge is 0.262 e. The number of nitrogens with zero attached hydrogens (tertiary/aromatic N) is 7. The zero-order chi connectivity index (χ0) is 35.8. The van der Waals surface area contributed by atoms with Crippen LogP contribution in [0.4, 0.5) is 0 Å². The van der Waals surface area contributed by atoms with E-state index in [-0.39, 0.29) is 29.8 Å². The van der Waals surface area contributed by atoms with Crippen LogP contribution in [0.1, 0.15) is 35.6 Å². The Morgan fingerprint density at radius 2 is 1.83 bits per heavy atom. The van der Waals surface area contributed by atoms with E-state index in [1.54, 1.807) is 30.7 Å². The van der Waals surface area contributed by atoms with Gasteiger partial charge in [-0.1, -0.05) is 41.9 Å². The molecule has 1 aromatic carbocycles. The van der Waals surface area contributed by atoms with E-state index in [4.69, 9.17) is 16.3 Å². The predicted molar refractivity (Wildman–Crippen MR) is 203 cm³/mol. The van der Waals surface area contributed by atoms with Gasteiger partial charge in [-0.2, -0.15) is 0 Å². The Balaban J connectivity index is 0.923. The lowest BCUT2D eigenvalue weighted by Crippen LogP contribution is -2.53. The lowest BCUT2D eigenvalue weighted by molar-refractivity contribution is -0.142. The van der Waals surface area contributed by atoms with Crippen molar-refractivity contribution in [2.24, 2.45) is 5.92 Å². The number of amides is 1. The third kappa shape index (κ3) is 7.03. The number of carbonyl (C=O) groups is 1. The maximum Gasteiger partial charge on any atom is 0.262 e. The molecule has 8 rings (SSSR count). The normalized spacial score (nSPS) is 19.2. The molecule has 268 valence electrons. The van der Waals surface area contributed by atoms with E-state index in [0.717, 1.165) is 52.1 Å². The highest BCUT2D eigenvalue weighted by molar-refractivity contribution is 7.18. The Morgan fingerprint density at radius 1 is 1.00 bits per heavy atom. The third-order valence-electron chi connectivity index (χ3n) is 10.3. The minimum Gasteiger partial charge on any atom is -0.481 e. The van der Waals surface area contributed by atoms with Crippen molar-refractivity contribution in [3.05, 3.63) is 111 Å². The van der Waals surface area contributed by atoms with E-state index in [9.17, 15) is 14.7 Å². The molecule has 0 unspecified atom stereocenters. The summed E-state index contributed by atoms with van der Waals surface area (Å²) in [6.07, 6.45) is 8.54. The van der Waals surface area contributed by atoms with Gasteiger partial charge in [0.25, 0.3) is 5.56 Å². The zero-order valence-corrected chi connectivity index (χ0v) is 31.0. The first kappa shape index (κ1) is 34.7. The first-order valence-corrected chi connectivity index (χ1v) is 19.3. The number of fused-ring (bicyclic) bond motifs is 1. The van der Waals surface area contributed by atoms with Gasteiger partial charge in [-0.15, -0.1) is 22.7 Å². The molecule has 2 atom stereocenters. The van der Waals surface area contributed by atoms with E-state index in [0.29, 0.717) is 47.2 Å². The Bertz CT molecular complexity index is 2240. The van der Waals surface area contributed by atoms with Gasteiger partial charge in [-0.3, -0.25) is 23.6 Å². The number of benzene rings is 1. The maximum atomic E-state index is 14.2. The summed E-state index contributed by atoms with van der Waals surface area (Å²) in [4.78, 5) is 46.8. The van der Waals surface area contributed by atoms with E-state index in [1.807, 2.05) is 64.3 Å². The summed E-state index contributed by atoms with van der Waals surface area (Å²) in [5.41, 5.74) is 1.33. The molecule has 14 heteroatoms. The molecule has 1 N–H and O–H groups in total. The topological polar surface area (TPSA) is 119 Å². The molecule has 0 bridgehead atoms. The molecule has 2 fully saturated rings. The maximum absolute atomic E-state index is 14.2. The fraction of sp³-hybridized carbons (Fsp3) is 0.342. The molecular weight excluding hydrogens is 718 g/mol. The van der Waals surface area contributed by atoms with Crippen LogP contribution in [0.5, 0.6) is 5.88 Å². The van der Waals surface area contributed by atoms with Crippen LogP contribution in [0.25, 0.3) is 26.6 Å². The van der Waals surface area contributed by atoms with E-state index in [2.05, 4.69) is 32.0 Å². The number of likely N-dealkylation sites (tertiary alicyclic amines) is 2. The highest BCUT2D eigenvalue weighted by Gasteiger charge is 2.41. The molecule has 0 saturated carbocycles. The molecule has 7 heterocycles. The Labute approximate surface area is 313 Å². The van der Waals surface area contributed by atoms with Crippen LogP contribution in [0, 0.1) is 5.92 Å². The minimum atomic E-state index is -1.13. The van der Waals surface area contributed by atoms with Crippen molar-refractivity contribution in [2.75, 3.05) is 33.3 Å². The van der Waals surface area contributed by atoms with Crippen molar-refractivity contribution in [3.63, 3.8) is 0 Å². The first-order valence-electron chi connectivity index (χ1n) is 17.3. The minimum absolute atomic E-state index is 0.0373. The fourth-order valence-corrected chi connectivity index (χ4v) is 9.45. The van der Waals surface area contributed by atoms with Gasteiger partial charge in [0.05, 0.1) is 29.0 Å². The second kappa shape index (κ2) is 14.6. The number of pyridine rings is 1. The number of aromatic nitrogens is 5. The molecule has 11 nitrogen and oxygen atoms in total. The number of aliphatic hydroxyl groups is 1. The Hall–Kier alpha value is -4.40. The van der Waals surface area contributed by atoms with Gasteiger partial charge in [0.15, 0.2) is 5.65 Å². The molecular formula is C38H38ClN7O4S2. The average molecular weight is 756 g/mol. The van der Waals surface area contributed by atoms with E-state index >= 15 is 0 Å². The number of rotatable bonds is 9.